The van der Waals surface area contributed by atoms with E-state index in [1.54, 1.807) is 13.8 Å². The monoisotopic (exact) mass is 636 g/mol. The van der Waals surface area contributed by atoms with Crippen LogP contribution in [0.3, 0.4) is 0 Å². The van der Waals surface area contributed by atoms with Gasteiger partial charge in [-0.15, -0.1) is 0 Å². The van der Waals surface area contributed by atoms with E-state index in [2.05, 4.69) is 24.1 Å². The highest BCUT2D eigenvalue weighted by Gasteiger charge is 2.36. The zero-order valence-electron chi connectivity index (χ0n) is 26.6. The van der Waals surface area contributed by atoms with Gasteiger partial charge >= 0.3 is 18.1 Å². The molecule has 9 nitrogen and oxygen atoms in total. The highest BCUT2D eigenvalue weighted by molar-refractivity contribution is 5.98. The molecular formula is C33H43F3N2O7. The number of rotatable bonds is 11. The van der Waals surface area contributed by atoms with E-state index in [-0.39, 0.29) is 41.4 Å². The van der Waals surface area contributed by atoms with Crippen LogP contribution in [0.25, 0.3) is 0 Å². The number of esters is 2. The molecule has 1 amide bonds. The first-order valence-electron chi connectivity index (χ1n) is 15.2. The highest BCUT2D eigenvalue weighted by atomic mass is 19.4. The summed E-state index contributed by atoms with van der Waals surface area (Å²) in [5.41, 5.74) is -0.0791. The smallest absolute Gasteiger partial charge is 0.416 e. The molecule has 1 saturated heterocycles. The van der Waals surface area contributed by atoms with Crippen molar-refractivity contribution in [1.29, 1.82) is 0 Å². The van der Waals surface area contributed by atoms with Crippen LogP contribution in [0.2, 0.25) is 0 Å². The van der Waals surface area contributed by atoms with E-state index in [1.807, 2.05) is 6.92 Å². The molecule has 0 bridgehead atoms. The molecule has 2 aromatic rings. The molecule has 248 valence electrons. The average molecular weight is 637 g/mol. The number of alkyl halides is 3. The van der Waals surface area contributed by atoms with Gasteiger partial charge in [-0.1, -0.05) is 46.2 Å². The van der Waals surface area contributed by atoms with Crippen molar-refractivity contribution in [1.82, 2.24) is 10.3 Å². The summed E-state index contributed by atoms with van der Waals surface area (Å²) in [7, 11) is 1.38. The van der Waals surface area contributed by atoms with Crippen molar-refractivity contribution in [2.45, 2.75) is 85.0 Å². The summed E-state index contributed by atoms with van der Waals surface area (Å²) in [5, 5.41) is 2.72. The lowest BCUT2D eigenvalue weighted by molar-refractivity contribution is -0.155. The molecule has 1 aliphatic rings. The number of methoxy groups -OCH3 is 1. The zero-order valence-corrected chi connectivity index (χ0v) is 26.6. The summed E-state index contributed by atoms with van der Waals surface area (Å²) >= 11 is 0. The molecule has 0 radical (unpaired) electrons. The maximum absolute atomic E-state index is 13.4. The van der Waals surface area contributed by atoms with E-state index in [1.165, 1.54) is 31.5 Å². The van der Waals surface area contributed by atoms with Crippen molar-refractivity contribution in [3.8, 4) is 11.5 Å². The standard InChI is InChI=1S/C33H43F3N2O7/c1-19(2)16-25-21(5)45-32(41)26(9-7-8-23(25)17-22-10-12-24(13-11-22)33(34,35)36)38-30(39)28-29(27(42-6)14-15-37-28)43-18-44-31(40)20(3)4/h10-15,19-21,23,25-26H,7-9,16-18H2,1-6H3,(H,38,39)/t21-,23+,25-,26-/m0/s1. The lowest BCUT2D eigenvalue weighted by atomic mass is 9.76. The second kappa shape index (κ2) is 15.9. The average Bonchev–Trinajstić information content (AvgIpc) is 3.02. The molecule has 0 unspecified atom stereocenters. The number of hydrogen-bond donors (Lipinski definition) is 1. The van der Waals surface area contributed by atoms with Crippen LogP contribution in [-0.2, 0) is 31.7 Å². The SMILES string of the molecule is COc1ccnc(C(=O)N[C@H]2CCC[C@H](Cc3ccc(C(F)(F)F)cc3)[C@@H](CC(C)C)[C@H](C)OC2=O)c1OCOC(=O)C(C)C. The summed E-state index contributed by atoms with van der Waals surface area (Å²) in [5.74, 6) is -1.73. The van der Waals surface area contributed by atoms with Crippen LogP contribution in [0.5, 0.6) is 11.5 Å². The number of hydrogen-bond acceptors (Lipinski definition) is 8. The summed E-state index contributed by atoms with van der Waals surface area (Å²) in [6.45, 7) is 8.84. The van der Waals surface area contributed by atoms with E-state index < -0.39 is 48.5 Å². The Morgan fingerprint density at radius 1 is 1.09 bits per heavy atom. The fourth-order valence-corrected chi connectivity index (χ4v) is 5.53. The third kappa shape index (κ3) is 10.1. The summed E-state index contributed by atoms with van der Waals surface area (Å²) < 4.78 is 61.2. The number of aromatic nitrogens is 1. The quantitative estimate of drug-likeness (QED) is 0.223. The molecule has 2 heterocycles. The Kier molecular flexibility index (Phi) is 12.6. The second-order valence-corrected chi connectivity index (χ2v) is 12.1. The molecule has 12 heteroatoms. The number of carbonyl (C=O) groups is 3. The molecule has 1 aromatic heterocycles. The predicted octanol–water partition coefficient (Wildman–Crippen LogP) is 6.38. The minimum absolute atomic E-state index is 0.0370. The molecule has 1 fully saturated rings. The van der Waals surface area contributed by atoms with Crippen molar-refractivity contribution in [3.05, 3.63) is 53.3 Å². The Labute approximate surface area is 262 Å². The van der Waals surface area contributed by atoms with Crippen LogP contribution in [0.4, 0.5) is 13.2 Å². The largest absolute Gasteiger partial charge is 0.493 e. The third-order valence-corrected chi connectivity index (χ3v) is 7.87. The number of nitrogens with zero attached hydrogens (tertiary/aromatic N) is 1. The van der Waals surface area contributed by atoms with Gasteiger partial charge in [0, 0.05) is 12.3 Å². The van der Waals surface area contributed by atoms with Crippen LogP contribution < -0.4 is 14.8 Å². The van der Waals surface area contributed by atoms with E-state index in [9.17, 15) is 27.6 Å². The van der Waals surface area contributed by atoms with Gasteiger partial charge in [0.1, 0.15) is 12.1 Å². The maximum Gasteiger partial charge on any atom is 0.416 e. The summed E-state index contributed by atoms with van der Waals surface area (Å²) in [6.07, 6.45) is -0.746. The fourth-order valence-electron chi connectivity index (χ4n) is 5.53. The predicted molar refractivity (Wildman–Crippen MR) is 159 cm³/mol. The maximum atomic E-state index is 13.4. The molecule has 1 N–H and O–H groups in total. The van der Waals surface area contributed by atoms with Crippen molar-refractivity contribution < 1.29 is 46.5 Å². The van der Waals surface area contributed by atoms with E-state index in [0.29, 0.717) is 25.2 Å². The van der Waals surface area contributed by atoms with E-state index in [0.717, 1.165) is 24.1 Å². The highest BCUT2D eigenvalue weighted by Crippen LogP contribution is 2.36. The third-order valence-electron chi connectivity index (χ3n) is 7.87. The fraction of sp³-hybridized carbons (Fsp3) is 0.576. The van der Waals surface area contributed by atoms with Gasteiger partial charge in [-0.2, -0.15) is 13.2 Å². The van der Waals surface area contributed by atoms with Crippen molar-refractivity contribution in [3.63, 3.8) is 0 Å². The first kappa shape index (κ1) is 35.6. The van der Waals surface area contributed by atoms with E-state index in [4.69, 9.17) is 18.9 Å². The number of cyclic esters (lactones) is 1. The summed E-state index contributed by atoms with van der Waals surface area (Å²) in [6, 6.07) is 5.70. The van der Waals surface area contributed by atoms with Gasteiger partial charge in [0.15, 0.2) is 17.2 Å². The van der Waals surface area contributed by atoms with Gasteiger partial charge in [0.05, 0.1) is 18.6 Å². The minimum atomic E-state index is -4.41. The molecule has 1 aliphatic heterocycles. The Balaban J connectivity index is 1.78. The van der Waals surface area contributed by atoms with Gasteiger partial charge in [-0.25, -0.2) is 9.78 Å². The van der Waals surface area contributed by atoms with Crippen LogP contribution in [0, 0.1) is 23.7 Å². The number of halogens is 3. The number of benzene rings is 1. The molecule has 3 rings (SSSR count). The normalized spacial score (nSPS) is 20.9. The number of pyridine rings is 1. The minimum Gasteiger partial charge on any atom is -0.493 e. The van der Waals surface area contributed by atoms with Crippen LogP contribution >= 0.6 is 0 Å². The van der Waals surface area contributed by atoms with Crippen LogP contribution in [0.1, 0.15) is 81.9 Å². The molecule has 4 atom stereocenters. The topological polar surface area (TPSA) is 113 Å². The molecule has 0 saturated carbocycles. The molecular weight excluding hydrogens is 593 g/mol. The van der Waals surface area contributed by atoms with Crippen LogP contribution in [0.15, 0.2) is 36.5 Å². The number of amides is 1. The summed E-state index contributed by atoms with van der Waals surface area (Å²) in [4.78, 5) is 42.8. The van der Waals surface area contributed by atoms with Crippen molar-refractivity contribution in [2.75, 3.05) is 13.9 Å². The van der Waals surface area contributed by atoms with Gasteiger partial charge in [0.2, 0.25) is 6.79 Å². The molecule has 0 spiro atoms. The molecule has 0 aliphatic carbocycles. The first-order valence-corrected chi connectivity index (χ1v) is 15.2. The lowest BCUT2D eigenvalue weighted by Crippen LogP contribution is -2.43. The number of carbonyl (C=O) groups excluding carboxylic acids is 3. The van der Waals surface area contributed by atoms with Crippen LogP contribution in [-0.4, -0.2) is 48.9 Å². The van der Waals surface area contributed by atoms with Crippen molar-refractivity contribution in [2.24, 2.45) is 23.7 Å². The van der Waals surface area contributed by atoms with Gasteiger partial charge in [-0.3, -0.25) is 9.59 Å². The lowest BCUT2D eigenvalue weighted by Gasteiger charge is -2.32. The van der Waals surface area contributed by atoms with E-state index >= 15 is 0 Å². The van der Waals surface area contributed by atoms with Gasteiger partial charge in [-0.05, 0) is 68.1 Å². The Hall–Kier alpha value is -3.83. The molecule has 45 heavy (non-hydrogen) atoms. The number of nitrogens with one attached hydrogen (secondary N) is 1. The van der Waals surface area contributed by atoms with Gasteiger partial charge < -0.3 is 24.3 Å². The van der Waals surface area contributed by atoms with Crippen molar-refractivity contribution >= 4 is 17.8 Å². The Morgan fingerprint density at radius 3 is 2.38 bits per heavy atom. The first-order chi connectivity index (χ1) is 21.2. The Bertz CT molecular complexity index is 1300. The number of ether oxygens (including phenoxy) is 4. The Morgan fingerprint density at radius 2 is 1.78 bits per heavy atom. The van der Waals surface area contributed by atoms with Gasteiger partial charge in [0.25, 0.3) is 5.91 Å². The zero-order chi connectivity index (χ0) is 33.3. The molecule has 1 aromatic carbocycles. The second-order valence-electron chi connectivity index (χ2n) is 12.1.